The van der Waals surface area contributed by atoms with Crippen LogP contribution in [0.15, 0.2) is 73.1 Å². The number of aryl methyl sites for hydroxylation is 1. The van der Waals surface area contributed by atoms with Crippen molar-refractivity contribution in [1.82, 2.24) is 14.8 Å². The molecule has 0 radical (unpaired) electrons. The van der Waals surface area contributed by atoms with Gasteiger partial charge in [-0.2, -0.15) is 0 Å². The largest absolute Gasteiger partial charge is 0.497 e. The van der Waals surface area contributed by atoms with E-state index in [1.807, 2.05) is 36.5 Å². The molecule has 1 fully saturated rings. The highest BCUT2D eigenvalue weighted by Crippen LogP contribution is 2.18. The predicted octanol–water partition coefficient (Wildman–Crippen LogP) is 5.74. The Bertz CT molecular complexity index is 1050. The van der Waals surface area contributed by atoms with Gasteiger partial charge in [-0.3, -0.25) is 9.88 Å². The first kappa shape index (κ1) is 28.1. The van der Waals surface area contributed by atoms with Crippen LogP contribution in [0.4, 0.5) is 0 Å². The molecule has 0 spiro atoms. The third kappa shape index (κ3) is 9.43. The number of hydrogen-bond acceptors (Lipinski definition) is 6. The second-order valence-corrected chi connectivity index (χ2v) is 10.1. The molecule has 6 nitrogen and oxygen atoms in total. The van der Waals surface area contributed by atoms with E-state index in [-0.39, 0.29) is 0 Å². The number of nitrogens with zero attached hydrogens (tertiary/aromatic N) is 3. The standard InChI is InChI=1S/C32H43N3O3/c1-27-8-3-4-10-29(27)25-35(18-5-6-23-37-31-13-11-30(36-2)12-14-31)22-21-34-19-15-32(16-20-34)38-26-28-9-7-17-33-24-28/h3-4,7-14,17,24,32H,5-6,15-16,18-23,25-26H2,1-2H3. The van der Waals surface area contributed by atoms with Crippen LogP contribution in [0.3, 0.4) is 0 Å². The molecule has 2 heterocycles. The van der Waals surface area contributed by atoms with Gasteiger partial charge in [0.2, 0.25) is 0 Å². The second kappa shape index (κ2) is 15.5. The van der Waals surface area contributed by atoms with Crippen molar-refractivity contribution in [3.05, 3.63) is 89.7 Å². The summed E-state index contributed by atoms with van der Waals surface area (Å²) >= 11 is 0. The van der Waals surface area contributed by atoms with Crippen LogP contribution < -0.4 is 9.47 Å². The SMILES string of the molecule is COc1ccc(OCCCCN(CCN2CCC(OCc3cccnc3)CC2)Cc2ccccc2C)cc1. The molecule has 0 unspecified atom stereocenters. The lowest BCUT2D eigenvalue weighted by atomic mass is 10.1. The van der Waals surface area contributed by atoms with E-state index in [0.717, 1.165) is 88.6 Å². The van der Waals surface area contributed by atoms with E-state index in [9.17, 15) is 0 Å². The molecular formula is C32H43N3O3. The van der Waals surface area contributed by atoms with Gasteiger partial charge in [-0.15, -0.1) is 0 Å². The number of ether oxygens (including phenoxy) is 3. The molecule has 38 heavy (non-hydrogen) atoms. The summed E-state index contributed by atoms with van der Waals surface area (Å²) in [7, 11) is 1.68. The number of likely N-dealkylation sites (tertiary alicyclic amines) is 1. The fourth-order valence-electron chi connectivity index (χ4n) is 4.88. The first-order valence-corrected chi connectivity index (χ1v) is 14.0. The summed E-state index contributed by atoms with van der Waals surface area (Å²) in [5.74, 6) is 1.75. The number of aromatic nitrogens is 1. The molecule has 0 amide bonds. The van der Waals surface area contributed by atoms with Gasteiger partial charge in [0, 0.05) is 45.1 Å². The third-order valence-corrected chi connectivity index (χ3v) is 7.33. The van der Waals surface area contributed by atoms with Crippen LogP contribution in [0.2, 0.25) is 0 Å². The van der Waals surface area contributed by atoms with Crippen LogP contribution in [-0.4, -0.2) is 67.3 Å². The predicted molar refractivity (Wildman–Crippen MR) is 153 cm³/mol. The van der Waals surface area contributed by atoms with Crippen molar-refractivity contribution in [2.75, 3.05) is 46.4 Å². The highest BCUT2D eigenvalue weighted by molar-refractivity contribution is 5.31. The monoisotopic (exact) mass is 517 g/mol. The Morgan fingerprint density at radius 2 is 1.71 bits per heavy atom. The van der Waals surface area contributed by atoms with Crippen molar-refractivity contribution < 1.29 is 14.2 Å². The molecule has 1 aliphatic heterocycles. The van der Waals surface area contributed by atoms with Crippen LogP contribution in [0.25, 0.3) is 0 Å². The first-order valence-electron chi connectivity index (χ1n) is 14.0. The van der Waals surface area contributed by atoms with Crippen LogP contribution in [0.5, 0.6) is 11.5 Å². The molecule has 6 heteroatoms. The number of piperidine rings is 1. The molecule has 2 aromatic carbocycles. The topological polar surface area (TPSA) is 47.1 Å². The highest BCUT2D eigenvalue weighted by Gasteiger charge is 2.20. The molecule has 0 aliphatic carbocycles. The van der Waals surface area contributed by atoms with E-state index in [1.54, 1.807) is 13.3 Å². The molecule has 0 atom stereocenters. The molecule has 1 aromatic heterocycles. The Labute approximate surface area is 228 Å². The number of rotatable bonds is 15. The Morgan fingerprint density at radius 1 is 0.921 bits per heavy atom. The summed E-state index contributed by atoms with van der Waals surface area (Å²) in [6.07, 6.45) is 8.40. The maximum Gasteiger partial charge on any atom is 0.119 e. The van der Waals surface area contributed by atoms with E-state index < -0.39 is 0 Å². The summed E-state index contributed by atoms with van der Waals surface area (Å²) in [6, 6.07) is 20.6. The molecular weight excluding hydrogens is 474 g/mol. The van der Waals surface area contributed by atoms with Crippen molar-refractivity contribution in [3.8, 4) is 11.5 Å². The van der Waals surface area contributed by atoms with E-state index in [2.05, 4.69) is 52.0 Å². The Balaban J connectivity index is 1.19. The number of benzene rings is 2. The molecule has 4 rings (SSSR count). The Morgan fingerprint density at radius 3 is 2.45 bits per heavy atom. The molecule has 1 aliphatic rings. The van der Waals surface area contributed by atoms with Gasteiger partial charge < -0.3 is 19.1 Å². The van der Waals surface area contributed by atoms with E-state index in [0.29, 0.717) is 12.7 Å². The van der Waals surface area contributed by atoms with Crippen LogP contribution in [0.1, 0.15) is 42.4 Å². The van der Waals surface area contributed by atoms with Crippen molar-refractivity contribution in [2.24, 2.45) is 0 Å². The summed E-state index contributed by atoms with van der Waals surface area (Å²) in [5, 5.41) is 0. The molecule has 0 saturated carbocycles. The van der Waals surface area contributed by atoms with Gasteiger partial charge in [-0.25, -0.2) is 0 Å². The van der Waals surface area contributed by atoms with Crippen molar-refractivity contribution >= 4 is 0 Å². The quantitative estimate of drug-likeness (QED) is 0.240. The van der Waals surface area contributed by atoms with E-state index >= 15 is 0 Å². The molecule has 3 aromatic rings. The van der Waals surface area contributed by atoms with Gasteiger partial charge in [-0.05, 0) is 86.2 Å². The summed E-state index contributed by atoms with van der Waals surface area (Å²) < 4.78 is 17.3. The summed E-state index contributed by atoms with van der Waals surface area (Å²) in [6.45, 7) is 10.1. The molecule has 1 saturated heterocycles. The maximum absolute atomic E-state index is 6.16. The van der Waals surface area contributed by atoms with Gasteiger partial charge in [0.1, 0.15) is 11.5 Å². The highest BCUT2D eigenvalue weighted by atomic mass is 16.5. The first-order chi connectivity index (χ1) is 18.7. The van der Waals surface area contributed by atoms with Crippen LogP contribution in [0, 0.1) is 6.92 Å². The lowest BCUT2D eigenvalue weighted by molar-refractivity contribution is -0.00404. The smallest absolute Gasteiger partial charge is 0.119 e. The average molecular weight is 518 g/mol. The zero-order valence-corrected chi connectivity index (χ0v) is 23.1. The normalized spacial score (nSPS) is 14.6. The number of unbranched alkanes of at least 4 members (excludes halogenated alkanes) is 1. The van der Waals surface area contributed by atoms with E-state index in [4.69, 9.17) is 14.2 Å². The van der Waals surface area contributed by atoms with Crippen LogP contribution in [-0.2, 0) is 17.9 Å². The van der Waals surface area contributed by atoms with Gasteiger partial charge in [0.25, 0.3) is 0 Å². The maximum atomic E-state index is 6.16. The van der Waals surface area contributed by atoms with Crippen molar-refractivity contribution in [1.29, 1.82) is 0 Å². The lowest BCUT2D eigenvalue weighted by Gasteiger charge is -2.33. The fourth-order valence-corrected chi connectivity index (χ4v) is 4.88. The minimum absolute atomic E-state index is 0.347. The number of pyridine rings is 1. The van der Waals surface area contributed by atoms with Gasteiger partial charge >= 0.3 is 0 Å². The summed E-state index contributed by atoms with van der Waals surface area (Å²) in [4.78, 5) is 9.39. The van der Waals surface area contributed by atoms with Crippen LogP contribution >= 0.6 is 0 Å². The summed E-state index contributed by atoms with van der Waals surface area (Å²) in [5.41, 5.74) is 3.94. The minimum Gasteiger partial charge on any atom is -0.497 e. The van der Waals surface area contributed by atoms with Crippen molar-refractivity contribution in [2.45, 2.75) is 51.9 Å². The zero-order chi connectivity index (χ0) is 26.4. The third-order valence-electron chi connectivity index (χ3n) is 7.33. The lowest BCUT2D eigenvalue weighted by Crippen LogP contribution is -2.41. The average Bonchev–Trinajstić information content (AvgIpc) is 2.97. The molecule has 204 valence electrons. The number of methoxy groups -OCH3 is 1. The Hall–Kier alpha value is -2.93. The van der Waals surface area contributed by atoms with E-state index in [1.165, 1.54) is 11.1 Å². The molecule has 0 bridgehead atoms. The Kier molecular flexibility index (Phi) is 11.4. The van der Waals surface area contributed by atoms with Gasteiger partial charge in [0.15, 0.2) is 0 Å². The van der Waals surface area contributed by atoms with Crippen molar-refractivity contribution in [3.63, 3.8) is 0 Å². The number of hydrogen-bond donors (Lipinski definition) is 0. The zero-order valence-electron chi connectivity index (χ0n) is 23.1. The van der Waals surface area contributed by atoms with Gasteiger partial charge in [0.05, 0.1) is 26.4 Å². The second-order valence-electron chi connectivity index (χ2n) is 10.1. The molecule has 0 N–H and O–H groups in total. The minimum atomic E-state index is 0.347. The fraction of sp³-hybridized carbons (Fsp3) is 0.469. The van der Waals surface area contributed by atoms with Gasteiger partial charge in [-0.1, -0.05) is 30.3 Å².